The number of hydrogen-bond acceptors (Lipinski definition) is 4. The Balaban J connectivity index is 2.45. The van der Waals surface area contributed by atoms with Crippen LogP contribution >= 0.6 is 0 Å². The lowest BCUT2D eigenvalue weighted by atomic mass is 9.83. The first kappa shape index (κ1) is 16.3. The summed E-state index contributed by atoms with van der Waals surface area (Å²) in [6.07, 6.45) is 2.54. The minimum atomic E-state index is -1.24. The standard InChI is InChI=1S/C18H22O4/c1-4-8-14-11-18(16(19)21-2,17(20)22-3)12-15(14)13-9-6-5-7-10-13/h5-7,9-10H,4,8,11-12H2,1-3H3. The molecule has 4 heteroatoms. The lowest BCUT2D eigenvalue weighted by Gasteiger charge is -2.23. The second-order valence-electron chi connectivity index (χ2n) is 5.62. The zero-order valence-electron chi connectivity index (χ0n) is 13.3. The van der Waals surface area contributed by atoms with Crippen LogP contribution in [0, 0.1) is 5.41 Å². The van der Waals surface area contributed by atoms with Gasteiger partial charge in [-0.2, -0.15) is 0 Å². The molecule has 0 aliphatic heterocycles. The molecule has 0 heterocycles. The first-order chi connectivity index (χ1) is 10.6. The smallest absolute Gasteiger partial charge is 0.323 e. The van der Waals surface area contributed by atoms with Crippen molar-refractivity contribution < 1.29 is 19.1 Å². The predicted molar refractivity (Wildman–Crippen MR) is 84.0 cm³/mol. The van der Waals surface area contributed by atoms with Crippen LogP contribution in [0.25, 0.3) is 5.57 Å². The van der Waals surface area contributed by atoms with Gasteiger partial charge in [-0.1, -0.05) is 49.2 Å². The Morgan fingerprint density at radius 3 is 2.14 bits per heavy atom. The third kappa shape index (κ3) is 2.78. The van der Waals surface area contributed by atoms with E-state index in [-0.39, 0.29) is 0 Å². The van der Waals surface area contributed by atoms with Gasteiger partial charge in [-0.3, -0.25) is 9.59 Å². The Labute approximate surface area is 131 Å². The average molecular weight is 302 g/mol. The number of esters is 2. The number of carbonyl (C=O) groups excluding carboxylic acids is 2. The fourth-order valence-electron chi connectivity index (χ4n) is 3.21. The van der Waals surface area contributed by atoms with E-state index in [2.05, 4.69) is 6.92 Å². The van der Waals surface area contributed by atoms with Gasteiger partial charge in [0.05, 0.1) is 14.2 Å². The van der Waals surface area contributed by atoms with Crippen LogP contribution in [0.3, 0.4) is 0 Å². The van der Waals surface area contributed by atoms with Crippen LogP contribution in [0.2, 0.25) is 0 Å². The third-order valence-corrected chi connectivity index (χ3v) is 4.25. The quantitative estimate of drug-likeness (QED) is 0.618. The van der Waals surface area contributed by atoms with E-state index in [1.165, 1.54) is 14.2 Å². The molecule has 0 atom stereocenters. The van der Waals surface area contributed by atoms with Gasteiger partial charge in [-0.25, -0.2) is 0 Å². The van der Waals surface area contributed by atoms with Gasteiger partial charge >= 0.3 is 11.9 Å². The Morgan fingerprint density at radius 2 is 1.64 bits per heavy atom. The molecule has 1 aliphatic rings. The molecule has 0 fully saturated rings. The van der Waals surface area contributed by atoms with Crippen LogP contribution in [-0.4, -0.2) is 26.2 Å². The number of ether oxygens (including phenoxy) is 2. The summed E-state index contributed by atoms with van der Waals surface area (Å²) in [6, 6.07) is 9.89. The van der Waals surface area contributed by atoms with Gasteiger partial charge < -0.3 is 9.47 Å². The first-order valence-electron chi connectivity index (χ1n) is 7.52. The molecular weight excluding hydrogens is 280 g/mol. The van der Waals surface area contributed by atoms with Gasteiger partial charge in [0.25, 0.3) is 0 Å². The van der Waals surface area contributed by atoms with Crippen molar-refractivity contribution in [3.63, 3.8) is 0 Å². The number of hydrogen-bond donors (Lipinski definition) is 0. The van der Waals surface area contributed by atoms with Gasteiger partial charge in [-0.15, -0.1) is 0 Å². The minimum Gasteiger partial charge on any atom is -0.468 e. The maximum Gasteiger partial charge on any atom is 0.323 e. The molecular formula is C18H22O4. The molecule has 1 aliphatic carbocycles. The number of methoxy groups -OCH3 is 2. The summed E-state index contributed by atoms with van der Waals surface area (Å²) in [6.45, 7) is 2.09. The largest absolute Gasteiger partial charge is 0.468 e. The third-order valence-electron chi connectivity index (χ3n) is 4.25. The molecule has 0 spiro atoms. The van der Waals surface area contributed by atoms with E-state index in [0.29, 0.717) is 12.8 Å². The molecule has 0 saturated carbocycles. The van der Waals surface area contributed by atoms with Crippen molar-refractivity contribution >= 4 is 17.5 Å². The van der Waals surface area contributed by atoms with Gasteiger partial charge in [0.1, 0.15) is 0 Å². The maximum absolute atomic E-state index is 12.3. The topological polar surface area (TPSA) is 52.6 Å². The van der Waals surface area contributed by atoms with Crippen molar-refractivity contribution in [1.82, 2.24) is 0 Å². The Morgan fingerprint density at radius 1 is 1.05 bits per heavy atom. The summed E-state index contributed by atoms with van der Waals surface area (Å²) in [5.74, 6) is -1.03. The van der Waals surface area contributed by atoms with Gasteiger partial charge in [-0.05, 0) is 24.0 Å². The molecule has 0 N–H and O–H groups in total. The van der Waals surface area contributed by atoms with E-state index >= 15 is 0 Å². The second kappa shape index (κ2) is 6.77. The van der Waals surface area contributed by atoms with Gasteiger partial charge in [0, 0.05) is 6.42 Å². The van der Waals surface area contributed by atoms with Crippen molar-refractivity contribution in [3.05, 3.63) is 41.5 Å². The van der Waals surface area contributed by atoms with Gasteiger partial charge in [0.2, 0.25) is 0 Å². The molecule has 4 nitrogen and oxygen atoms in total. The summed E-state index contributed by atoms with van der Waals surface area (Å²) in [4.78, 5) is 24.6. The number of allylic oxidation sites excluding steroid dienone is 2. The minimum absolute atomic E-state index is 0.339. The summed E-state index contributed by atoms with van der Waals surface area (Å²) in [7, 11) is 2.63. The first-order valence-corrected chi connectivity index (χ1v) is 7.52. The molecule has 118 valence electrons. The fraction of sp³-hybridized carbons (Fsp3) is 0.444. The van der Waals surface area contributed by atoms with Crippen LogP contribution in [0.15, 0.2) is 35.9 Å². The lowest BCUT2D eigenvalue weighted by Crippen LogP contribution is -2.39. The zero-order valence-corrected chi connectivity index (χ0v) is 13.3. The van der Waals surface area contributed by atoms with Crippen molar-refractivity contribution in [2.24, 2.45) is 5.41 Å². The summed E-state index contributed by atoms with van der Waals surface area (Å²) < 4.78 is 9.81. The Hall–Kier alpha value is -2.10. The van der Waals surface area contributed by atoms with Crippen molar-refractivity contribution in [2.75, 3.05) is 14.2 Å². The van der Waals surface area contributed by atoms with Crippen LogP contribution in [0.1, 0.15) is 38.2 Å². The summed E-state index contributed by atoms with van der Waals surface area (Å²) in [5.41, 5.74) is 2.03. The normalized spacial score (nSPS) is 16.5. The monoisotopic (exact) mass is 302 g/mol. The highest BCUT2D eigenvalue weighted by Gasteiger charge is 2.53. The number of carbonyl (C=O) groups is 2. The second-order valence-corrected chi connectivity index (χ2v) is 5.62. The lowest BCUT2D eigenvalue weighted by molar-refractivity contribution is -0.168. The number of rotatable bonds is 5. The van der Waals surface area contributed by atoms with Crippen LogP contribution in [0.4, 0.5) is 0 Å². The molecule has 2 rings (SSSR count). The van der Waals surface area contributed by atoms with Crippen molar-refractivity contribution in [2.45, 2.75) is 32.6 Å². The van der Waals surface area contributed by atoms with E-state index in [1.807, 2.05) is 30.3 Å². The van der Waals surface area contributed by atoms with E-state index in [4.69, 9.17) is 9.47 Å². The van der Waals surface area contributed by atoms with Crippen LogP contribution < -0.4 is 0 Å². The Kier molecular flexibility index (Phi) is 5.01. The molecule has 0 unspecified atom stereocenters. The summed E-state index contributed by atoms with van der Waals surface area (Å²) in [5, 5.41) is 0. The molecule has 1 aromatic rings. The predicted octanol–water partition coefficient (Wildman–Crippen LogP) is 3.37. The molecule has 0 radical (unpaired) electrons. The average Bonchev–Trinajstić information content (AvgIpc) is 2.95. The van der Waals surface area contributed by atoms with Crippen molar-refractivity contribution in [1.29, 1.82) is 0 Å². The van der Waals surface area contributed by atoms with Gasteiger partial charge in [0.15, 0.2) is 5.41 Å². The SMILES string of the molecule is CCCC1=C(c2ccccc2)CC(C(=O)OC)(C(=O)OC)C1. The molecule has 0 saturated heterocycles. The van der Waals surface area contributed by atoms with E-state index in [1.54, 1.807) is 0 Å². The van der Waals surface area contributed by atoms with E-state index in [9.17, 15) is 9.59 Å². The zero-order chi connectivity index (χ0) is 16.2. The summed E-state index contributed by atoms with van der Waals surface area (Å²) >= 11 is 0. The number of benzene rings is 1. The molecule has 0 bridgehead atoms. The van der Waals surface area contributed by atoms with Crippen LogP contribution in [-0.2, 0) is 19.1 Å². The molecule has 1 aromatic carbocycles. The van der Waals surface area contributed by atoms with Crippen molar-refractivity contribution in [3.8, 4) is 0 Å². The highest BCUT2D eigenvalue weighted by Crippen LogP contribution is 2.49. The van der Waals surface area contributed by atoms with E-state index < -0.39 is 17.4 Å². The Bertz CT molecular complexity index is 570. The molecule has 0 aromatic heterocycles. The fourth-order valence-corrected chi connectivity index (χ4v) is 3.21. The molecule has 0 amide bonds. The maximum atomic E-state index is 12.3. The highest BCUT2D eigenvalue weighted by molar-refractivity contribution is 6.04. The van der Waals surface area contributed by atoms with Crippen LogP contribution in [0.5, 0.6) is 0 Å². The molecule has 22 heavy (non-hydrogen) atoms. The highest BCUT2D eigenvalue weighted by atomic mass is 16.5. The van der Waals surface area contributed by atoms with E-state index in [0.717, 1.165) is 29.6 Å².